The Morgan fingerprint density at radius 2 is 1.22 bits per heavy atom. The third kappa shape index (κ3) is 4.55. The van der Waals surface area contributed by atoms with Crippen molar-refractivity contribution in [1.29, 1.82) is 0 Å². The van der Waals surface area contributed by atoms with Crippen molar-refractivity contribution in [2.45, 2.75) is 32.2 Å². The second-order valence-electron chi connectivity index (χ2n) is 14.9. The Morgan fingerprint density at radius 3 is 2.07 bits per heavy atom. The summed E-state index contributed by atoms with van der Waals surface area (Å²) in [6.45, 7) is 4.30. The van der Waals surface area contributed by atoms with Crippen molar-refractivity contribution in [3.63, 3.8) is 0 Å². The van der Waals surface area contributed by atoms with Gasteiger partial charge >= 0.3 is 0 Å². The minimum Gasteiger partial charge on any atom is -0.333 e. The molecule has 0 bridgehead atoms. The number of benzene rings is 7. The topological polar surface area (TPSA) is 29.0 Å². The normalized spacial score (nSPS) is 16.5. The molecule has 0 saturated carbocycles. The molecule has 2 aliphatic carbocycles. The number of hydrogen-bond acceptors (Lipinski definition) is 3. The van der Waals surface area contributed by atoms with Gasteiger partial charge in [0.15, 0.2) is 5.82 Å². The quantitative estimate of drug-likeness (QED) is 0.184. The SMILES string of the molecule is Cc1ccccc1-c1c(C)nc(-c2cccc3ccccc23)nc1-c1ccc(N2c3ccccc3C3c4ccccc4C4=C(Cc5ccccc54)C32)cc1. The first-order valence-corrected chi connectivity index (χ1v) is 19.0. The number of aryl methyl sites for hydroxylation is 2. The molecule has 3 aliphatic rings. The van der Waals surface area contributed by atoms with Crippen LogP contribution in [0.3, 0.4) is 0 Å². The second kappa shape index (κ2) is 12.0. The van der Waals surface area contributed by atoms with Crippen LogP contribution in [0.25, 0.3) is 50.1 Å². The molecular weight excluding hydrogens is 655 g/mol. The first-order chi connectivity index (χ1) is 26.6. The molecule has 3 nitrogen and oxygen atoms in total. The van der Waals surface area contributed by atoms with E-state index in [4.69, 9.17) is 9.97 Å². The second-order valence-corrected chi connectivity index (χ2v) is 14.9. The molecule has 0 spiro atoms. The van der Waals surface area contributed by atoms with E-state index in [1.54, 1.807) is 0 Å². The van der Waals surface area contributed by atoms with Crippen LogP contribution >= 0.6 is 0 Å². The lowest BCUT2D eigenvalue weighted by Gasteiger charge is -2.37. The molecule has 0 saturated heterocycles. The average Bonchev–Trinajstić information content (AvgIpc) is 3.78. The van der Waals surface area contributed by atoms with Crippen LogP contribution in [-0.4, -0.2) is 16.0 Å². The highest BCUT2D eigenvalue weighted by atomic mass is 15.2. The van der Waals surface area contributed by atoms with Crippen LogP contribution in [0.2, 0.25) is 0 Å². The Hall–Kier alpha value is -6.58. The molecule has 2 atom stereocenters. The van der Waals surface area contributed by atoms with Gasteiger partial charge in [0.25, 0.3) is 0 Å². The number of aromatic nitrogens is 2. The number of nitrogens with zero attached hydrogens (tertiary/aromatic N) is 3. The van der Waals surface area contributed by atoms with Gasteiger partial charge in [-0.1, -0.05) is 146 Å². The monoisotopic (exact) mass is 691 g/mol. The van der Waals surface area contributed by atoms with Gasteiger partial charge in [0.05, 0.1) is 11.7 Å². The summed E-state index contributed by atoms with van der Waals surface area (Å²) in [6, 6.07) is 60.0. The van der Waals surface area contributed by atoms with Crippen molar-refractivity contribution in [3.8, 4) is 33.8 Å². The van der Waals surface area contributed by atoms with Crippen molar-refractivity contribution < 1.29 is 0 Å². The molecule has 0 N–H and O–H groups in total. The fraction of sp³-hybridized carbons (Fsp3) is 0.0980. The number of rotatable bonds is 4. The summed E-state index contributed by atoms with van der Waals surface area (Å²) in [7, 11) is 0. The molecule has 11 rings (SSSR count). The van der Waals surface area contributed by atoms with Gasteiger partial charge < -0.3 is 4.90 Å². The van der Waals surface area contributed by atoms with Crippen LogP contribution in [-0.2, 0) is 6.42 Å². The van der Waals surface area contributed by atoms with Crippen LogP contribution < -0.4 is 4.90 Å². The molecule has 1 aromatic heterocycles. The lowest BCUT2D eigenvalue weighted by Crippen LogP contribution is -2.35. The molecule has 3 heteroatoms. The van der Waals surface area contributed by atoms with E-state index in [0.29, 0.717) is 0 Å². The van der Waals surface area contributed by atoms with Crippen molar-refractivity contribution in [3.05, 3.63) is 208 Å². The molecule has 2 heterocycles. The first-order valence-electron chi connectivity index (χ1n) is 19.0. The van der Waals surface area contributed by atoms with Gasteiger partial charge in [0.2, 0.25) is 0 Å². The Morgan fingerprint density at radius 1 is 0.556 bits per heavy atom. The zero-order chi connectivity index (χ0) is 35.9. The lowest BCUT2D eigenvalue weighted by molar-refractivity contribution is 0.676. The Kier molecular flexibility index (Phi) is 6.87. The third-order valence-corrected chi connectivity index (χ3v) is 12.0. The van der Waals surface area contributed by atoms with Crippen molar-refractivity contribution in [2.24, 2.45) is 0 Å². The highest BCUT2D eigenvalue weighted by Crippen LogP contribution is 2.58. The van der Waals surface area contributed by atoms with E-state index in [2.05, 4.69) is 183 Å². The van der Waals surface area contributed by atoms with Crippen LogP contribution in [0.4, 0.5) is 11.4 Å². The van der Waals surface area contributed by atoms with Crippen LogP contribution in [0, 0.1) is 13.8 Å². The van der Waals surface area contributed by atoms with Crippen molar-refractivity contribution in [2.75, 3.05) is 4.90 Å². The van der Waals surface area contributed by atoms with E-state index < -0.39 is 0 Å². The summed E-state index contributed by atoms with van der Waals surface area (Å²) < 4.78 is 0. The zero-order valence-electron chi connectivity index (χ0n) is 30.3. The fourth-order valence-corrected chi connectivity index (χ4v) is 9.66. The molecule has 1 aliphatic heterocycles. The molecule has 7 aromatic carbocycles. The molecule has 0 amide bonds. The smallest absolute Gasteiger partial charge is 0.160 e. The van der Waals surface area contributed by atoms with Gasteiger partial charge in [-0.15, -0.1) is 0 Å². The van der Waals surface area contributed by atoms with Gasteiger partial charge in [-0.25, -0.2) is 9.97 Å². The van der Waals surface area contributed by atoms with E-state index in [0.717, 1.165) is 51.3 Å². The summed E-state index contributed by atoms with van der Waals surface area (Å²) in [5, 5.41) is 2.34. The van der Waals surface area contributed by atoms with Gasteiger partial charge in [0.1, 0.15) is 0 Å². The first kappa shape index (κ1) is 31.0. The standard InChI is InChI=1S/C51H37N3/c1-31-14-3-6-18-37(31)46-32(2)52-51(42-24-13-17-33-15-4-7-19-38(33)42)53-49(46)34-26-28-36(29-27-34)54-45-25-12-11-23-43(45)48-41-22-10-9-21-40(41)47-39-20-8-5-16-35(39)30-44(47)50(48)54/h3-29,48,50H,30H2,1-2H3. The van der Waals surface area contributed by atoms with Gasteiger partial charge in [-0.05, 0) is 99.3 Å². The number of hydrogen-bond donors (Lipinski definition) is 0. The number of anilines is 2. The summed E-state index contributed by atoms with van der Waals surface area (Å²) in [5.74, 6) is 1.00. The molecule has 8 aromatic rings. The number of fused-ring (bicyclic) bond motifs is 10. The summed E-state index contributed by atoms with van der Waals surface area (Å²) in [6.07, 6.45) is 0.973. The molecule has 0 fully saturated rings. The largest absolute Gasteiger partial charge is 0.333 e. The minimum atomic E-state index is 0.187. The summed E-state index contributed by atoms with van der Waals surface area (Å²) >= 11 is 0. The van der Waals surface area contributed by atoms with E-state index in [-0.39, 0.29) is 12.0 Å². The summed E-state index contributed by atoms with van der Waals surface area (Å²) in [5.41, 5.74) is 19.9. The van der Waals surface area contributed by atoms with Crippen molar-refractivity contribution in [1.82, 2.24) is 9.97 Å². The molecule has 0 radical (unpaired) electrons. The van der Waals surface area contributed by atoms with Crippen LogP contribution in [0.15, 0.2) is 169 Å². The Bertz CT molecular complexity index is 2840. The lowest BCUT2D eigenvalue weighted by atomic mass is 9.74. The highest BCUT2D eigenvalue weighted by molar-refractivity contribution is 5.97. The van der Waals surface area contributed by atoms with Gasteiger partial charge in [-0.2, -0.15) is 0 Å². The van der Waals surface area contributed by atoms with E-state index in [1.165, 1.54) is 61.3 Å². The summed E-state index contributed by atoms with van der Waals surface area (Å²) in [4.78, 5) is 13.2. The number of para-hydroxylation sites is 1. The fourth-order valence-electron chi connectivity index (χ4n) is 9.66. The van der Waals surface area contributed by atoms with E-state index in [1.807, 2.05) is 0 Å². The van der Waals surface area contributed by atoms with E-state index >= 15 is 0 Å². The molecule has 54 heavy (non-hydrogen) atoms. The third-order valence-electron chi connectivity index (χ3n) is 12.0. The highest BCUT2D eigenvalue weighted by Gasteiger charge is 2.48. The maximum absolute atomic E-state index is 5.43. The maximum Gasteiger partial charge on any atom is 0.160 e. The molecular formula is C51H37N3. The minimum absolute atomic E-state index is 0.187. The van der Waals surface area contributed by atoms with Gasteiger partial charge in [0, 0.05) is 39.7 Å². The zero-order valence-corrected chi connectivity index (χ0v) is 30.3. The van der Waals surface area contributed by atoms with E-state index in [9.17, 15) is 0 Å². The maximum atomic E-state index is 5.43. The Labute approximate surface area is 316 Å². The van der Waals surface area contributed by atoms with Gasteiger partial charge in [-0.3, -0.25) is 0 Å². The predicted octanol–water partition coefficient (Wildman–Crippen LogP) is 12.3. The van der Waals surface area contributed by atoms with Crippen molar-refractivity contribution >= 4 is 27.7 Å². The molecule has 256 valence electrons. The average molecular weight is 692 g/mol. The predicted molar refractivity (Wildman–Crippen MR) is 222 cm³/mol. The van der Waals surface area contributed by atoms with Crippen LogP contribution in [0.1, 0.15) is 45.0 Å². The Balaban J connectivity index is 1.08. The van der Waals surface area contributed by atoms with Crippen LogP contribution in [0.5, 0.6) is 0 Å². The molecule has 2 unspecified atom stereocenters.